The fourth-order valence-corrected chi connectivity index (χ4v) is 3.93. The second-order valence-corrected chi connectivity index (χ2v) is 7.82. The first kappa shape index (κ1) is 19.2. The molecule has 2 unspecified atom stereocenters. The number of benzene rings is 1. The molecule has 4 amide bonds. The second-order valence-electron chi connectivity index (χ2n) is 7.82. The van der Waals surface area contributed by atoms with E-state index in [-0.39, 0.29) is 24.4 Å². The molecule has 0 aliphatic carbocycles. The topological polar surface area (TPSA) is 81.8 Å². The molecule has 0 radical (unpaired) electrons. The third kappa shape index (κ3) is 4.40. The Hall–Kier alpha value is -2.57. The lowest BCUT2D eigenvalue weighted by Gasteiger charge is -2.35. The first-order valence-corrected chi connectivity index (χ1v) is 9.57. The van der Waals surface area contributed by atoms with Crippen molar-refractivity contribution in [2.75, 3.05) is 38.0 Å². The van der Waals surface area contributed by atoms with Crippen LogP contribution in [0.3, 0.4) is 0 Å². The Morgan fingerprint density at radius 1 is 1.22 bits per heavy atom. The summed E-state index contributed by atoms with van der Waals surface area (Å²) in [6.07, 6.45) is 1.15. The minimum Gasteiger partial charge on any atom is -0.376 e. The molecule has 2 heterocycles. The second kappa shape index (κ2) is 7.98. The standard InChI is InChI=1S/C20H28N4O3/c1-13-8-14(2)12-23(11-13)19(26)16-5-4-15(3)17(9-16)22-10-18(25)24-7-6-21-20(24)27/h4-5,9,13-14,22H,6-8,10-12H2,1-3H3,(H,21,27). The smallest absolute Gasteiger partial charge is 0.324 e. The van der Waals surface area contributed by atoms with Crippen LogP contribution in [-0.2, 0) is 4.79 Å². The molecule has 0 aromatic heterocycles. The van der Waals surface area contributed by atoms with Gasteiger partial charge in [0.15, 0.2) is 0 Å². The molecule has 146 valence electrons. The third-order valence-corrected chi connectivity index (χ3v) is 5.23. The molecule has 3 rings (SSSR count). The predicted octanol–water partition coefficient (Wildman–Crippen LogP) is 2.08. The Kier molecular flexibility index (Phi) is 5.68. The van der Waals surface area contributed by atoms with Crippen molar-refractivity contribution in [3.8, 4) is 0 Å². The quantitative estimate of drug-likeness (QED) is 0.848. The maximum atomic E-state index is 12.9. The largest absolute Gasteiger partial charge is 0.376 e. The summed E-state index contributed by atoms with van der Waals surface area (Å²) < 4.78 is 0. The van der Waals surface area contributed by atoms with E-state index in [9.17, 15) is 14.4 Å². The van der Waals surface area contributed by atoms with Gasteiger partial charge in [-0.2, -0.15) is 0 Å². The van der Waals surface area contributed by atoms with Crippen molar-refractivity contribution in [2.45, 2.75) is 27.2 Å². The van der Waals surface area contributed by atoms with E-state index in [0.717, 1.165) is 30.8 Å². The minimum atomic E-state index is -0.351. The van der Waals surface area contributed by atoms with Crippen molar-refractivity contribution < 1.29 is 14.4 Å². The number of carbonyl (C=O) groups is 3. The van der Waals surface area contributed by atoms with Gasteiger partial charge in [0.25, 0.3) is 5.91 Å². The summed E-state index contributed by atoms with van der Waals surface area (Å²) >= 11 is 0. The van der Waals surface area contributed by atoms with E-state index in [1.54, 1.807) is 6.07 Å². The SMILES string of the molecule is Cc1ccc(C(=O)N2CC(C)CC(C)C2)cc1NCC(=O)N1CCNC1=O. The number of urea groups is 1. The number of piperidine rings is 1. The van der Waals surface area contributed by atoms with Gasteiger partial charge in [0.2, 0.25) is 5.91 Å². The highest BCUT2D eigenvalue weighted by Crippen LogP contribution is 2.24. The van der Waals surface area contributed by atoms with Crippen LogP contribution in [0, 0.1) is 18.8 Å². The molecule has 2 aliphatic rings. The number of rotatable bonds is 4. The zero-order valence-electron chi connectivity index (χ0n) is 16.2. The Bertz CT molecular complexity index is 739. The average Bonchev–Trinajstić information content (AvgIpc) is 3.05. The van der Waals surface area contributed by atoms with Crippen molar-refractivity contribution in [1.29, 1.82) is 0 Å². The molecule has 0 saturated carbocycles. The third-order valence-electron chi connectivity index (χ3n) is 5.23. The molecular formula is C20H28N4O3. The van der Waals surface area contributed by atoms with E-state index in [4.69, 9.17) is 0 Å². The van der Waals surface area contributed by atoms with Crippen LogP contribution >= 0.6 is 0 Å². The molecule has 0 bridgehead atoms. The highest BCUT2D eigenvalue weighted by molar-refractivity contribution is 5.98. The molecule has 2 aliphatic heterocycles. The Labute approximate surface area is 160 Å². The van der Waals surface area contributed by atoms with Crippen molar-refractivity contribution >= 4 is 23.5 Å². The molecule has 7 heteroatoms. The fraction of sp³-hybridized carbons (Fsp3) is 0.550. The van der Waals surface area contributed by atoms with Crippen molar-refractivity contribution in [2.24, 2.45) is 11.8 Å². The number of hydrogen-bond donors (Lipinski definition) is 2. The van der Waals surface area contributed by atoms with Gasteiger partial charge < -0.3 is 15.5 Å². The van der Waals surface area contributed by atoms with Gasteiger partial charge in [-0.3, -0.25) is 14.5 Å². The molecule has 1 aromatic rings. The number of likely N-dealkylation sites (tertiary alicyclic amines) is 1. The van der Waals surface area contributed by atoms with Crippen molar-refractivity contribution in [3.63, 3.8) is 0 Å². The molecular weight excluding hydrogens is 344 g/mol. The maximum Gasteiger partial charge on any atom is 0.324 e. The molecule has 2 atom stereocenters. The molecule has 0 spiro atoms. The first-order chi connectivity index (χ1) is 12.8. The number of anilines is 1. The molecule has 7 nitrogen and oxygen atoms in total. The zero-order valence-corrected chi connectivity index (χ0v) is 16.2. The van der Waals surface area contributed by atoms with Gasteiger partial charge in [0.05, 0.1) is 6.54 Å². The molecule has 27 heavy (non-hydrogen) atoms. The molecule has 2 saturated heterocycles. The minimum absolute atomic E-state index is 0.0175. The van der Waals surface area contributed by atoms with E-state index >= 15 is 0 Å². The molecule has 1 aromatic carbocycles. The Morgan fingerprint density at radius 2 is 1.93 bits per heavy atom. The summed E-state index contributed by atoms with van der Waals surface area (Å²) in [6.45, 7) is 8.74. The van der Waals surface area contributed by atoms with E-state index in [1.165, 1.54) is 4.90 Å². The summed E-state index contributed by atoms with van der Waals surface area (Å²) in [5.41, 5.74) is 2.31. The number of aryl methyl sites for hydroxylation is 1. The Morgan fingerprint density at radius 3 is 2.56 bits per heavy atom. The van der Waals surface area contributed by atoms with E-state index < -0.39 is 0 Å². The average molecular weight is 372 g/mol. The van der Waals surface area contributed by atoms with E-state index in [2.05, 4.69) is 24.5 Å². The normalized spacial score (nSPS) is 22.6. The Balaban J connectivity index is 1.67. The summed E-state index contributed by atoms with van der Waals surface area (Å²) in [6, 6.07) is 5.18. The van der Waals surface area contributed by atoms with Gasteiger partial charge in [0.1, 0.15) is 0 Å². The number of hydrogen-bond acceptors (Lipinski definition) is 4. The zero-order chi connectivity index (χ0) is 19.6. The highest BCUT2D eigenvalue weighted by Gasteiger charge is 2.27. The molecule has 2 N–H and O–H groups in total. The number of amides is 4. The number of nitrogens with one attached hydrogen (secondary N) is 2. The van der Waals surface area contributed by atoms with Gasteiger partial charge in [0, 0.05) is 37.4 Å². The van der Waals surface area contributed by atoms with Gasteiger partial charge in [-0.1, -0.05) is 19.9 Å². The van der Waals surface area contributed by atoms with Crippen LogP contribution in [0.25, 0.3) is 0 Å². The fourth-order valence-electron chi connectivity index (χ4n) is 3.93. The van der Waals surface area contributed by atoms with Gasteiger partial charge in [-0.05, 0) is 42.9 Å². The van der Waals surface area contributed by atoms with Gasteiger partial charge in [-0.25, -0.2) is 4.79 Å². The van der Waals surface area contributed by atoms with Crippen molar-refractivity contribution in [1.82, 2.24) is 15.1 Å². The summed E-state index contributed by atoms with van der Waals surface area (Å²) in [5, 5.41) is 5.70. The van der Waals surface area contributed by atoms with Gasteiger partial charge >= 0.3 is 6.03 Å². The highest BCUT2D eigenvalue weighted by atomic mass is 16.2. The number of imide groups is 1. The predicted molar refractivity (Wildman–Crippen MR) is 104 cm³/mol. The lowest BCUT2D eigenvalue weighted by Crippen LogP contribution is -2.42. The lowest BCUT2D eigenvalue weighted by atomic mass is 9.91. The van der Waals surface area contributed by atoms with Crippen LogP contribution in [-0.4, -0.2) is 60.4 Å². The summed E-state index contributed by atoms with van der Waals surface area (Å²) in [5.74, 6) is 0.761. The van der Waals surface area contributed by atoms with Crippen LogP contribution in [0.2, 0.25) is 0 Å². The summed E-state index contributed by atoms with van der Waals surface area (Å²) in [7, 11) is 0. The first-order valence-electron chi connectivity index (χ1n) is 9.57. The molecule has 2 fully saturated rings. The van der Waals surface area contributed by atoms with Crippen LogP contribution in [0.1, 0.15) is 36.2 Å². The van der Waals surface area contributed by atoms with Crippen LogP contribution < -0.4 is 10.6 Å². The van der Waals surface area contributed by atoms with Crippen molar-refractivity contribution in [3.05, 3.63) is 29.3 Å². The summed E-state index contributed by atoms with van der Waals surface area (Å²) in [4.78, 5) is 39.8. The van der Waals surface area contributed by atoms with E-state index in [0.29, 0.717) is 30.5 Å². The number of nitrogens with zero attached hydrogens (tertiary/aromatic N) is 2. The maximum absolute atomic E-state index is 12.9. The van der Waals surface area contributed by atoms with E-state index in [1.807, 2.05) is 24.0 Å². The van der Waals surface area contributed by atoms with Gasteiger partial charge in [-0.15, -0.1) is 0 Å². The lowest BCUT2D eigenvalue weighted by molar-refractivity contribution is -0.125. The number of carbonyl (C=O) groups excluding carboxylic acids is 3. The monoisotopic (exact) mass is 372 g/mol. The van der Waals surface area contributed by atoms with Crippen LogP contribution in [0.5, 0.6) is 0 Å². The van der Waals surface area contributed by atoms with Crippen LogP contribution in [0.15, 0.2) is 18.2 Å². The van der Waals surface area contributed by atoms with Crippen LogP contribution in [0.4, 0.5) is 10.5 Å².